The molecule has 8 heteroatoms. The average molecular weight is 373 g/mol. The lowest BCUT2D eigenvalue weighted by molar-refractivity contribution is 0.0941. The van der Waals surface area contributed by atoms with Crippen LogP contribution >= 0.6 is 11.3 Å². The molecule has 2 aliphatic rings. The van der Waals surface area contributed by atoms with Gasteiger partial charge in [-0.15, -0.1) is 11.3 Å². The van der Waals surface area contributed by atoms with Crippen LogP contribution in [0.1, 0.15) is 33.5 Å². The van der Waals surface area contributed by atoms with Gasteiger partial charge < -0.3 is 24.7 Å². The SMILES string of the molecule is CCOC(=O)N1CCc2c(sc3c2C(=O)NC(C=Cc2ccco2)N3)C1. The van der Waals surface area contributed by atoms with Gasteiger partial charge in [0.25, 0.3) is 5.91 Å². The van der Waals surface area contributed by atoms with Crippen molar-refractivity contribution in [2.45, 2.75) is 26.1 Å². The maximum atomic E-state index is 12.6. The second kappa shape index (κ2) is 6.87. The number of nitrogens with zero attached hydrogens (tertiary/aromatic N) is 1. The fourth-order valence-electron chi connectivity index (χ4n) is 3.18. The van der Waals surface area contributed by atoms with E-state index >= 15 is 0 Å². The van der Waals surface area contributed by atoms with Crippen molar-refractivity contribution in [2.24, 2.45) is 0 Å². The third-order valence-corrected chi connectivity index (χ3v) is 5.53. The number of carbonyl (C=O) groups excluding carboxylic acids is 2. The first-order valence-electron chi connectivity index (χ1n) is 8.51. The Hall–Kier alpha value is -2.74. The van der Waals surface area contributed by atoms with Crippen LogP contribution in [0.15, 0.2) is 28.9 Å². The summed E-state index contributed by atoms with van der Waals surface area (Å²) in [5.41, 5.74) is 1.74. The van der Waals surface area contributed by atoms with Crippen molar-refractivity contribution in [3.05, 3.63) is 46.2 Å². The molecule has 0 aromatic carbocycles. The van der Waals surface area contributed by atoms with Crippen molar-refractivity contribution in [1.29, 1.82) is 0 Å². The molecule has 0 spiro atoms. The van der Waals surface area contributed by atoms with Gasteiger partial charge in [-0.05, 0) is 43.2 Å². The van der Waals surface area contributed by atoms with Crippen LogP contribution in [0.5, 0.6) is 0 Å². The molecule has 4 heterocycles. The van der Waals surface area contributed by atoms with E-state index in [1.165, 1.54) is 11.3 Å². The van der Waals surface area contributed by atoms with Crippen molar-refractivity contribution in [1.82, 2.24) is 10.2 Å². The number of thiophene rings is 1. The highest BCUT2D eigenvalue weighted by Crippen LogP contribution is 2.39. The zero-order valence-electron chi connectivity index (χ0n) is 14.3. The average Bonchev–Trinajstić information content (AvgIpc) is 3.26. The summed E-state index contributed by atoms with van der Waals surface area (Å²) < 4.78 is 10.3. The Morgan fingerprint density at radius 3 is 3.15 bits per heavy atom. The van der Waals surface area contributed by atoms with E-state index in [0.717, 1.165) is 21.2 Å². The summed E-state index contributed by atoms with van der Waals surface area (Å²) in [5, 5.41) is 7.13. The molecule has 2 aromatic rings. The van der Waals surface area contributed by atoms with Crippen LogP contribution in [-0.4, -0.2) is 36.2 Å². The molecule has 0 bridgehead atoms. The van der Waals surface area contributed by atoms with Crippen molar-refractivity contribution >= 4 is 34.4 Å². The summed E-state index contributed by atoms with van der Waals surface area (Å²) in [6.07, 6.45) is 5.32. The summed E-state index contributed by atoms with van der Waals surface area (Å²) >= 11 is 1.53. The number of carbonyl (C=O) groups is 2. The molecule has 2 aliphatic heterocycles. The predicted molar refractivity (Wildman–Crippen MR) is 98.1 cm³/mol. The molecule has 1 atom stereocenters. The number of hydrogen-bond acceptors (Lipinski definition) is 6. The van der Waals surface area contributed by atoms with Crippen LogP contribution in [0, 0.1) is 0 Å². The van der Waals surface area contributed by atoms with E-state index in [1.54, 1.807) is 18.1 Å². The van der Waals surface area contributed by atoms with Crippen molar-refractivity contribution in [3.63, 3.8) is 0 Å². The molecule has 0 aliphatic carbocycles. The van der Waals surface area contributed by atoms with E-state index in [4.69, 9.17) is 9.15 Å². The van der Waals surface area contributed by atoms with Crippen LogP contribution in [-0.2, 0) is 17.7 Å². The standard InChI is InChI=1S/C18H19N3O4S/c1-2-24-18(23)21-8-7-12-13(10-21)26-17-15(12)16(22)19-14(20-17)6-5-11-4-3-9-25-11/h3-6,9,14,20H,2,7-8,10H2,1H3,(H,19,22). The predicted octanol–water partition coefficient (Wildman–Crippen LogP) is 3.05. The number of nitrogens with one attached hydrogen (secondary N) is 2. The zero-order chi connectivity index (χ0) is 18.1. The highest BCUT2D eigenvalue weighted by Gasteiger charge is 2.33. The van der Waals surface area contributed by atoms with Crippen LogP contribution in [0.3, 0.4) is 0 Å². The maximum Gasteiger partial charge on any atom is 0.410 e. The molecule has 0 radical (unpaired) electrons. The number of amides is 2. The Bertz CT molecular complexity index is 856. The Morgan fingerprint density at radius 2 is 2.38 bits per heavy atom. The first-order valence-corrected chi connectivity index (χ1v) is 9.32. The van der Waals surface area contributed by atoms with E-state index in [2.05, 4.69) is 10.6 Å². The molecule has 2 aromatic heterocycles. The minimum Gasteiger partial charge on any atom is -0.465 e. The van der Waals surface area contributed by atoms with Gasteiger partial charge in [0.15, 0.2) is 0 Å². The Kier molecular flexibility index (Phi) is 4.42. The highest BCUT2D eigenvalue weighted by molar-refractivity contribution is 7.16. The molecule has 0 saturated carbocycles. The van der Waals surface area contributed by atoms with E-state index < -0.39 is 0 Å². The molecular formula is C18H19N3O4S. The first-order chi connectivity index (χ1) is 12.7. The van der Waals surface area contributed by atoms with E-state index in [1.807, 2.05) is 24.3 Å². The smallest absolute Gasteiger partial charge is 0.410 e. The molecule has 1 unspecified atom stereocenters. The van der Waals surface area contributed by atoms with E-state index in [0.29, 0.717) is 31.7 Å². The van der Waals surface area contributed by atoms with Gasteiger partial charge in [-0.1, -0.05) is 0 Å². The van der Waals surface area contributed by atoms with Gasteiger partial charge in [-0.25, -0.2) is 4.79 Å². The number of rotatable bonds is 3. The van der Waals surface area contributed by atoms with Crippen molar-refractivity contribution in [3.8, 4) is 0 Å². The molecule has 7 nitrogen and oxygen atoms in total. The minimum atomic E-state index is -0.304. The molecular weight excluding hydrogens is 354 g/mol. The second-order valence-electron chi connectivity index (χ2n) is 6.05. The summed E-state index contributed by atoms with van der Waals surface area (Å²) in [4.78, 5) is 27.3. The first kappa shape index (κ1) is 16.7. The van der Waals surface area contributed by atoms with Gasteiger partial charge in [0.05, 0.1) is 25.0 Å². The zero-order valence-corrected chi connectivity index (χ0v) is 15.1. The summed E-state index contributed by atoms with van der Waals surface area (Å²) in [7, 11) is 0. The molecule has 26 heavy (non-hydrogen) atoms. The Morgan fingerprint density at radius 1 is 1.50 bits per heavy atom. The monoisotopic (exact) mass is 373 g/mol. The van der Waals surface area contributed by atoms with Gasteiger partial charge in [-0.3, -0.25) is 4.79 Å². The third kappa shape index (κ3) is 3.08. The molecule has 2 N–H and O–H groups in total. The maximum absolute atomic E-state index is 12.6. The number of hydrogen-bond donors (Lipinski definition) is 2. The lowest BCUT2D eigenvalue weighted by Crippen LogP contribution is -2.43. The van der Waals surface area contributed by atoms with Crippen LogP contribution in [0.2, 0.25) is 0 Å². The van der Waals surface area contributed by atoms with Crippen molar-refractivity contribution < 1.29 is 18.7 Å². The highest BCUT2D eigenvalue weighted by atomic mass is 32.1. The summed E-state index contributed by atoms with van der Waals surface area (Å²) in [5.74, 6) is 0.636. The van der Waals surface area contributed by atoms with Crippen molar-refractivity contribution in [2.75, 3.05) is 18.5 Å². The lowest BCUT2D eigenvalue weighted by Gasteiger charge is -2.27. The topological polar surface area (TPSA) is 83.8 Å². The Balaban J connectivity index is 1.53. The van der Waals surface area contributed by atoms with E-state index in [-0.39, 0.29) is 18.2 Å². The summed E-state index contributed by atoms with van der Waals surface area (Å²) in [6, 6.07) is 3.66. The normalized spacial score (nSPS) is 18.9. The molecule has 0 saturated heterocycles. The lowest BCUT2D eigenvalue weighted by atomic mass is 10.0. The fourth-order valence-corrected chi connectivity index (χ4v) is 4.48. The van der Waals surface area contributed by atoms with Crippen LogP contribution in [0.25, 0.3) is 6.08 Å². The Labute approximate surface area is 154 Å². The fraction of sp³-hybridized carbons (Fsp3) is 0.333. The number of fused-ring (bicyclic) bond motifs is 3. The summed E-state index contributed by atoms with van der Waals surface area (Å²) in [6.45, 7) is 3.19. The largest absolute Gasteiger partial charge is 0.465 e. The van der Waals surface area contributed by atoms with E-state index in [9.17, 15) is 9.59 Å². The van der Waals surface area contributed by atoms with Crippen LogP contribution in [0.4, 0.5) is 9.80 Å². The molecule has 2 amide bonds. The van der Waals surface area contributed by atoms with Gasteiger partial charge in [-0.2, -0.15) is 0 Å². The van der Waals surface area contributed by atoms with Gasteiger partial charge in [0.2, 0.25) is 0 Å². The van der Waals surface area contributed by atoms with Crippen LogP contribution < -0.4 is 10.6 Å². The molecule has 136 valence electrons. The number of furan rings is 1. The van der Waals surface area contributed by atoms with Gasteiger partial charge >= 0.3 is 6.09 Å². The second-order valence-corrected chi connectivity index (χ2v) is 7.15. The number of anilines is 1. The minimum absolute atomic E-state index is 0.0880. The third-order valence-electron chi connectivity index (χ3n) is 4.38. The van der Waals surface area contributed by atoms with Gasteiger partial charge in [0, 0.05) is 11.4 Å². The molecule has 0 fully saturated rings. The number of ether oxygens (including phenoxy) is 1. The molecule has 4 rings (SSSR count). The quantitative estimate of drug-likeness (QED) is 0.864. The van der Waals surface area contributed by atoms with Gasteiger partial charge in [0.1, 0.15) is 16.9 Å².